The van der Waals surface area contributed by atoms with Gasteiger partial charge in [-0.1, -0.05) is 32.1 Å². The van der Waals surface area contributed by atoms with E-state index in [-0.39, 0.29) is 21.7 Å². The molecule has 0 spiro atoms. The van der Waals surface area contributed by atoms with Crippen LogP contribution in [0.25, 0.3) is 10.2 Å². The van der Waals surface area contributed by atoms with Crippen molar-refractivity contribution in [1.29, 1.82) is 0 Å². The number of hydrogen-bond acceptors (Lipinski definition) is 4. The van der Waals surface area contributed by atoms with Crippen molar-refractivity contribution in [2.24, 2.45) is 5.92 Å². The smallest absolute Gasteiger partial charge is 0.299 e. The van der Waals surface area contributed by atoms with Gasteiger partial charge in [0, 0.05) is 12.6 Å². The van der Waals surface area contributed by atoms with E-state index in [1.807, 2.05) is 27.7 Å². The summed E-state index contributed by atoms with van der Waals surface area (Å²) in [5.74, 6) is 0.209. The van der Waals surface area contributed by atoms with E-state index < -0.39 is 10.0 Å². The van der Waals surface area contributed by atoms with Crippen molar-refractivity contribution in [3.8, 4) is 0 Å². The quantitative estimate of drug-likeness (QED) is 0.878. The molecule has 0 saturated heterocycles. The van der Waals surface area contributed by atoms with Crippen molar-refractivity contribution < 1.29 is 8.42 Å². The molecule has 1 heterocycles. The molecule has 2 rings (SSSR count). The fourth-order valence-corrected chi connectivity index (χ4v) is 4.55. The van der Waals surface area contributed by atoms with E-state index in [2.05, 4.69) is 4.72 Å². The van der Waals surface area contributed by atoms with Crippen LogP contribution in [0.5, 0.6) is 0 Å². The van der Waals surface area contributed by atoms with Crippen LogP contribution in [0.15, 0.2) is 27.9 Å². The van der Waals surface area contributed by atoms with E-state index in [1.54, 1.807) is 22.8 Å². The molecule has 1 unspecified atom stereocenters. The Bertz CT molecular complexity index is 819. The Morgan fingerprint density at radius 1 is 1.27 bits per heavy atom. The first-order chi connectivity index (χ1) is 10.3. The predicted octanol–water partition coefficient (Wildman–Crippen LogP) is 2.80. The number of rotatable bonds is 6. The molecule has 0 radical (unpaired) electrons. The van der Waals surface area contributed by atoms with Crippen LogP contribution < -0.4 is 9.60 Å². The van der Waals surface area contributed by atoms with Gasteiger partial charge in [-0.15, -0.1) is 0 Å². The maximum absolute atomic E-state index is 12.4. The summed E-state index contributed by atoms with van der Waals surface area (Å²) in [6.07, 6.45) is 0.860. The second kappa shape index (κ2) is 6.52. The highest BCUT2D eigenvalue weighted by atomic mass is 32.2. The first-order valence-corrected chi connectivity index (χ1v) is 9.72. The van der Waals surface area contributed by atoms with E-state index in [4.69, 9.17) is 0 Å². The highest BCUT2D eigenvalue weighted by molar-refractivity contribution is 7.89. The zero-order valence-electron chi connectivity index (χ0n) is 13.3. The summed E-state index contributed by atoms with van der Waals surface area (Å²) in [5.41, 5.74) is 0.799. The standard InChI is InChI=1S/C15H22N2O3S2/c1-5-8-17-13-7-6-12(9-14(13)21-15(17)18)22(19,20)16-11(4)10(2)3/h6-7,9-11,16H,5,8H2,1-4H3. The Morgan fingerprint density at radius 2 is 1.95 bits per heavy atom. The van der Waals surface area contributed by atoms with Gasteiger partial charge in [-0.3, -0.25) is 9.36 Å². The Morgan fingerprint density at radius 3 is 2.55 bits per heavy atom. The zero-order chi connectivity index (χ0) is 16.5. The molecular weight excluding hydrogens is 320 g/mol. The van der Waals surface area contributed by atoms with Crippen molar-refractivity contribution in [1.82, 2.24) is 9.29 Å². The second-order valence-electron chi connectivity index (χ2n) is 5.80. The number of sulfonamides is 1. The molecule has 0 fully saturated rings. The van der Waals surface area contributed by atoms with Gasteiger partial charge in [-0.25, -0.2) is 13.1 Å². The third-order valence-corrected chi connectivity index (χ3v) is 6.24. The first-order valence-electron chi connectivity index (χ1n) is 7.42. The molecule has 0 aliphatic rings. The molecule has 7 heteroatoms. The van der Waals surface area contributed by atoms with Gasteiger partial charge >= 0.3 is 4.87 Å². The van der Waals surface area contributed by atoms with Crippen molar-refractivity contribution >= 4 is 31.6 Å². The zero-order valence-corrected chi connectivity index (χ0v) is 14.9. The van der Waals surface area contributed by atoms with Crippen LogP contribution in [0, 0.1) is 5.92 Å². The maximum Gasteiger partial charge on any atom is 0.308 e. The van der Waals surface area contributed by atoms with Crippen molar-refractivity contribution in [3.05, 3.63) is 27.9 Å². The number of nitrogens with one attached hydrogen (secondary N) is 1. The molecule has 0 aliphatic carbocycles. The van der Waals surface area contributed by atoms with Crippen molar-refractivity contribution in [2.45, 2.75) is 51.6 Å². The lowest BCUT2D eigenvalue weighted by molar-refractivity contribution is 0.476. The summed E-state index contributed by atoms with van der Waals surface area (Å²) in [5, 5.41) is 0. The normalized spacial score (nSPS) is 13.9. The van der Waals surface area contributed by atoms with Gasteiger partial charge in [0.15, 0.2) is 0 Å². The molecule has 0 bridgehead atoms. The molecule has 22 heavy (non-hydrogen) atoms. The Balaban J connectivity index is 2.43. The summed E-state index contributed by atoms with van der Waals surface area (Å²) >= 11 is 1.09. The van der Waals surface area contributed by atoms with Crippen LogP contribution in [0.4, 0.5) is 0 Å². The first kappa shape index (κ1) is 17.2. The molecule has 122 valence electrons. The number of aryl methyl sites for hydroxylation is 1. The Hall–Kier alpha value is -1.18. The van der Waals surface area contributed by atoms with Crippen LogP contribution in [0.1, 0.15) is 34.1 Å². The minimum absolute atomic E-state index is 0.0464. The molecular formula is C15H22N2O3S2. The summed E-state index contributed by atoms with van der Waals surface area (Å²) < 4.78 is 29.9. The molecule has 1 atom stereocenters. The van der Waals surface area contributed by atoms with E-state index in [9.17, 15) is 13.2 Å². The molecule has 0 aliphatic heterocycles. The lowest BCUT2D eigenvalue weighted by Crippen LogP contribution is -2.36. The van der Waals surface area contributed by atoms with Crippen LogP contribution in [0.2, 0.25) is 0 Å². The van der Waals surface area contributed by atoms with E-state index in [1.165, 1.54) is 0 Å². The molecule has 0 amide bonds. The van der Waals surface area contributed by atoms with Crippen molar-refractivity contribution in [2.75, 3.05) is 0 Å². The van der Waals surface area contributed by atoms with Gasteiger partial charge in [-0.05, 0) is 37.5 Å². The topological polar surface area (TPSA) is 68.2 Å². The van der Waals surface area contributed by atoms with Crippen LogP contribution in [-0.4, -0.2) is 19.0 Å². The minimum atomic E-state index is -3.57. The van der Waals surface area contributed by atoms with Gasteiger partial charge in [0.05, 0.1) is 15.1 Å². The fourth-order valence-electron chi connectivity index (χ4n) is 2.10. The second-order valence-corrected chi connectivity index (χ2v) is 8.51. The highest BCUT2D eigenvalue weighted by Crippen LogP contribution is 2.22. The number of fused-ring (bicyclic) bond motifs is 1. The molecule has 1 N–H and O–H groups in total. The summed E-state index contributed by atoms with van der Waals surface area (Å²) in [6, 6.07) is 4.72. The Kier molecular flexibility index (Phi) is 5.09. The van der Waals surface area contributed by atoms with E-state index in [0.717, 1.165) is 23.3 Å². The molecule has 2 aromatic rings. The van der Waals surface area contributed by atoms with Gasteiger partial charge in [0.1, 0.15) is 0 Å². The highest BCUT2D eigenvalue weighted by Gasteiger charge is 2.20. The Labute approximate surface area is 135 Å². The summed E-state index contributed by atoms with van der Waals surface area (Å²) in [4.78, 5) is 12.1. The third kappa shape index (κ3) is 3.42. The van der Waals surface area contributed by atoms with Crippen LogP contribution in [0.3, 0.4) is 0 Å². The van der Waals surface area contributed by atoms with Gasteiger partial charge < -0.3 is 0 Å². The molecule has 1 aromatic heterocycles. The van der Waals surface area contributed by atoms with Crippen LogP contribution >= 0.6 is 11.3 Å². The molecule has 5 nitrogen and oxygen atoms in total. The van der Waals surface area contributed by atoms with Crippen molar-refractivity contribution in [3.63, 3.8) is 0 Å². The predicted molar refractivity (Wildman–Crippen MR) is 91.0 cm³/mol. The number of aromatic nitrogens is 1. The maximum atomic E-state index is 12.4. The minimum Gasteiger partial charge on any atom is -0.299 e. The average Bonchev–Trinajstić information content (AvgIpc) is 2.74. The lowest BCUT2D eigenvalue weighted by atomic mass is 10.1. The number of thiazole rings is 1. The molecule has 0 saturated carbocycles. The summed E-state index contributed by atoms with van der Waals surface area (Å²) in [7, 11) is -3.57. The van der Waals surface area contributed by atoms with Crippen LogP contribution in [-0.2, 0) is 16.6 Å². The largest absolute Gasteiger partial charge is 0.308 e. The fraction of sp³-hybridized carbons (Fsp3) is 0.533. The van der Waals surface area contributed by atoms with E-state index in [0.29, 0.717) is 11.2 Å². The SMILES string of the molecule is CCCn1c(=O)sc2cc(S(=O)(=O)NC(C)C(C)C)ccc21. The summed E-state index contributed by atoms with van der Waals surface area (Å²) in [6.45, 7) is 8.43. The number of hydrogen-bond donors (Lipinski definition) is 1. The number of nitrogens with zero attached hydrogens (tertiary/aromatic N) is 1. The van der Waals surface area contributed by atoms with E-state index >= 15 is 0 Å². The molecule has 1 aromatic carbocycles. The third-order valence-electron chi connectivity index (χ3n) is 3.74. The lowest BCUT2D eigenvalue weighted by Gasteiger charge is -2.17. The van der Waals surface area contributed by atoms with Gasteiger partial charge in [0.2, 0.25) is 10.0 Å². The van der Waals surface area contributed by atoms with Gasteiger partial charge in [0.25, 0.3) is 0 Å². The number of benzene rings is 1. The monoisotopic (exact) mass is 342 g/mol. The average molecular weight is 342 g/mol. The van der Waals surface area contributed by atoms with Gasteiger partial charge in [-0.2, -0.15) is 0 Å².